The largest absolute Gasteiger partial charge is 0.300 e. The molecule has 2 aromatic carbocycles. The molecule has 0 aliphatic heterocycles. The number of aryl methyl sites for hydroxylation is 1. The SMILES string of the molecule is CC(=O)Cc1cccc2cc(C)ccc12. The molecule has 0 aromatic heterocycles. The molecule has 0 saturated carbocycles. The second-order valence-corrected chi connectivity index (χ2v) is 4.02. The van der Waals surface area contributed by atoms with Crippen LogP contribution in [0.15, 0.2) is 36.4 Å². The van der Waals surface area contributed by atoms with Gasteiger partial charge in [-0.1, -0.05) is 42.0 Å². The van der Waals surface area contributed by atoms with Crippen molar-refractivity contribution in [3.8, 4) is 0 Å². The maximum absolute atomic E-state index is 11.1. The first-order valence-electron chi connectivity index (χ1n) is 5.14. The molecule has 0 bridgehead atoms. The summed E-state index contributed by atoms with van der Waals surface area (Å²) in [5, 5.41) is 2.41. The minimum Gasteiger partial charge on any atom is -0.300 e. The molecule has 2 aromatic rings. The number of Topliss-reactive ketones (excluding diaryl/α,β-unsaturated/α-hetero) is 1. The average molecular weight is 198 g/mol. The zero-order valence-electron chi connectivity index (χ0n) is 9.08. The van der Waals surface area contributed by atoms with Gasteiger partial charge in [0.15, 0.2) is 0 Å². The molecule has 1 heteroatoms. The molecule has 0 saturated heterocycles. The lowest BCUT2D eigenvalue weighted by molar-refractivity contribution is -0.116. The van der Waals surface area contributed by atoms with Gasteiger partial charge in [-0.05, 0) is 30.2 Å². The fourth-order valence-electron chi connectivity index (χ4n) is 1.89. The normalized spacial score (nSPS) is 10.5. The van der Waals surface area contributed by atoms with Gasteiger partial charge in [0.2, 0.25) is 0 Å². The maximum atomic E-state index is 11.1. The second kappa shape index (κ2) is 3.85. The Morgan fingerprint density at radius 1 is 1.20 bits per heavy atom. The third-order valence-corrected chi connectivity index (χ3v) is 2.57. The molecule has 0 fully saturated rings. The number of carbonyl (C=O) groups excluding carboxylic acids is 1. The van der Waals surface area contributed by atoms with Crippen LogP contribution in [0.4, 0.5) is 0 Å². The summed E-state index contributed by atoms with van der Waals surface area (Å²) in [5.74, 6) is 0.211. The monoisotopic (exact) mass is 198 g/mol. The summed E-state index contributed by atoms with van der Waals surface area (Å²) < 4.78 is 0. The Morgan fingerprint density at radius 2 is 2.00 bits per heavy atom. The van der Waals surface area contributed by atoms with Crippen LogP contribution in [0.2, 0.25) is 0 Å². The van der Waals surface area contributed by atoms with Gasteiger partial charge in [-0.25, -0.2) is 0 Å². The zero-order chi connectivity index (χ0) is 10.8. The van der Waals surface area contributed by atoms with Crippen LogP contribution in [0.3, 0.4) is 0 Å². The summed E-state index contributed by atoms with van der Waals surface area (Å²) in [5.41, 5.74) is 2.38. The Bertz CT molecular complexity index is 512. The Kier molecular flexibility index (Phi) is 2.55. The molecule has 2 rings (SSSR count). The van der Waals surface area contributed by atoms with Gasteiger partial charge in [0.1, 0.15) is 5.78 Å². The van der Waals surface area contributed by atoms with Gasteiger partial charge in [0.05, 0.1) is 0 Å². The molecule has 0 atom stereocenters. The van der Waals surface area contributed by atoms with Crippen LogP contribution in [-0.4, -0.2) is 5.78 Å². The van der Waals surface area contributed by atoms with Gasteiger partial charge in [-0.3, -0.25) is 4.79 Å². The van der Waals surface area contributed by atoms with Crippen molar-refractivity contribution in [3.63, 3.8) is 0 Å². The van der Waals surface area contributed by atoms with Crippen molar-refractivity contribution in [2.24, 2.45) is 0 Å². The number of benzene rings is 2. The molecule has 0 unspecified atom stereocenters. The molecular formula is C14H14O. The van der Waals surface area contributed by atoms with E-state index < -0.39 is 0 Å². The quantitative estimate of drug-likeness (QED) is 0.723. The minimum absolute atomic E-state index is 0.211. The Hall–Kier alpha value is -1.63. The number of fused-ring (bicyclic) bond motifs is 1. The maximum Gasteiger partial charge on any atom is 0.134 e. The number of hydrogen-bond donors (Lipinski definition) is 0. The molecule has 15 heavy (non-hydrogen) atoms. The number of hydrogen-bond acceptors (Lipinski definition) is 1. The van der Waals surface area contributed by atoms with Crippen LogP contribution < -0.4 is 0 Å². The highest BCUT2D eigenvalue weighted by Crippen LogP contribution is 2.20. The smallest absolute Gasteiger partial charge is 0.134 e. The molecule has 0 aliphatic carbocycles. The van der Waals surface area contributed by atoms with Crippen molar-refractivity contribution in [2.45, 2.75) is 20.3 Å². The molecule has 0 N–H and O–H groups in total. The van der Waals surface area contributed by atoms with Crippen molar-refractivity contribution < 1.29 is 4.79 Å². The highest BCUT2D eigenvalue weighted by atomic mass is 16.1. The van der Waals surface area contributed by atoms with Crippen LogP contribution in [0.5, 0.6) is 0 Å². The fraction of sp³-hybridized carbons (Fsp3) is 0.214. The predicted molar refractivity (Wildman–Crippen MR) is 63.1 cm³/mol. The van der Waals surface area contributed by atoms with Crippen molar-refractivity contribution in [2.75, 3.05) is 0 Å². The molecular weight excluding hydrogens is 184 g/mol. The molecule has 1 nitrogen and oxygen atoms in total. The second-order valence-electron chi connectivity index (χ2n) is 4.02. The summed E-state index contributed by atoms with van der Waals surface area (Å²) in [7, 11) is 0. The molecule has 0 heterocycles. The number of carbonyl (C=O) groups is 1. The van der Waals surface area contributed by atoms with Gasteiger partial charge in [0.25, 0.3) is 0 Å². The zero-order valence-corrected chi connectivity index (χ0v) is 9.08. The first-order valence-corrected chi connectivity index (χ1v) is 5.14. The Morgan fingerprint density at radius 3 is 2.73 bits per heavy atom. The molecule has 0 aliphatic rings. The van der Waals surface area contributed by atoms with Crippen molar-refractivity contribution >= 4 is 16.6 Å². The van der Waals surface area contributed by atoms with Gasteiger partial charge in [0, 0.05) is 6.42 Å². The van der Waals surface area contributed by atoms with E-state index in [9.17, 15) is 4.79 Å². The first-order chi connectivity index (χ1) is 7.16. The van der Waals surface area contributed by atoms with Crippen molar-refractivity contribution in [3.05, 3.63) is 47.5 Å². The van der Waals surface area contributed by atoms with E-state index in [0.29, 0.717) is 6.42 Å². The molecule has 0 amide bonds. The van der Waals surface area contributed by atoms with E-state index in [1.165, 1.54) is 16.3 Å². The summed E-state index contributed by atoms with van der Waals surface area (Å²) in [4.78, 5) is 11.1. The van der Waals surface area contributed by atoms with E-state index >= 15 is 0 Å². The van der Waals surface area contributed by atoms with Crippen LogP contribution >= 0.6 is 0 Å². The fourth-order valence-corrected chi connectivity index (χ4v) is 1.89. The van der Waals surface area contributed by atoms with Gasteiger partial charge in [-0.15, -0.1) is 0 Å². The highest BCUT2D eigenvalue weighted by Gasteiger charge is 2.02. The van der Waals surface area contributed by atoms with Crippen molar-refractivity contribution in [1.82, 2.24) is 0 Å². The summed E-state index contributed by atoms with van der Waals surface area (Å²) >= 11 is 0. The summed E-state index contributed by atoms with van der Waals surface area (Å²) in [6.45, 7) is 3.71. The lowest BCUT2D eigenvalue weighted by Crippen LogP contribution is -1.96. The van der Waals surface area contributed by atoms with Crippen LogP contribution in [0.25, 0.3) is 10.8 Å². The third kappa shape index (κ3) is 2.07. The van der Waals surface area contributed by atoms with E-state index in [1.807, 2.05) is 12.1 Å². The van der Waals surface area contributed by atoms with E-state index in [-0.39, 0.29) is 5.78 Å². The van der Waals surface area contributed by atoms with E-state index in [4.69, 9.17) is 0 Å². The van der Waals surface area contributed by atoms with E-state index in [2.05, 4.69) is 31.2 Å². The first kappa shape index (κ1) is 9.91. The minimum atomic E-state index is 0.211. The molecule has 0 radical (unpaired) electrons. The molecule has 0 spiro atoms. The number of ketones is 1. The highest BCUT2D eigenvalue weighted by molar-refractivity contribution is 5.90. The lowest BCUT2D eigenvalue weighted by Gasteiger charge is -2.05. The third-order valence-electron chi connectivity index (χ3n) is 2.57. The van der Waals surface area contributed by atoms with E-state index in [1.54, 1.807) is 6.92 Å². The lowest BCUT2D eigenvalue weighted by atomic mass is 9.99. The van der Waals surface area contributed by atoms with Crippen LogP contribution in [0, 0.1) is 6.92 Å². The van der Waals surface area contributed by atoms with Gasteiger partial charge >= 0.3 is 0 Å². The van der Waals surface area contributed by atoms with Crippen molar-refractivity contribution in [1.29, 1.82) is 0 Å². The van der Waals surface area contributed by atoms with Gasteiger partial charge < -0.3 is 0 Å². The van der Waals surface area contributed by atoms with E-state index in [0.717, 1.165) is 5.56 Å². The summed E-state index contributed by atoms with van der Waals surface area (Å²) in [6.07, 6.45) is 0.528. The molecule has 76 valence electrons. The Labute approximate surface area is 89.7 Å². The van der Waals surface area contributed by atoms with Gasteiger partial charge in [-0.2, -0.15) is 0 Å². The average Bonchev–Trinajstić information content (AvgIpc) is 2.16. The van der Waals surface area contributed by atoms with Crippen LogP contribution in [0.1, 0.15) is 18.1 Å². The van der Waals surface area contributed by atoms with Crippen LogP contribution in [-0.2, 0) is 11.2 Å². The Balaban J connectivity index is 2.60. The topological polar surface area (TPSA) is 17.1 Å². The standard InChI is InChI=1S/C14H14O/c1-10-6-7-14-12(8-10)4-3-5-13(14)9-11(2)15/h3-8H,9H2,1-2H3. The summed E-state index contributed by atoms with van der Waals surface area (Å²) in [6, 6.07) is 12.5. The predicted octanol–water partition coefficient (Wildman–Crippen LogP) is 3.28. The number of rotatable bonds is 2.